The third-order valence-corrected chi connectivity index (χ3v) is 4.01. The summed E-state index contributed by atoms with van der Waals surface area (Å²) in [7, 11) is -4.10. The predicted octanol–water partition coefficient (Wildman–Crippen LogP) is 2.61. The van der Waals surface area contributed by atoms with Crippen molar-refractivity contribution in [3.63, 3.8) is 0 Å². The Hall–Kier alpha value is -2.01. The van der Waals surface area contributed by atoms with Crippen LogP contribution in [0.15, 0.2) is 54.9 Å². The van der Waals surface area contributed by atoms with Crippen molar-refractivity contribution in [3.05, 3.63) is 66.0 Å². The van der Waals surface area contributed by atoms with Gasteiger partial charge in [-0.3, -0.25) is 14.1 Å². The maximum atomic E-state index is 12.1. The summed E-state index contributed by atoms with van der Waals surface area (Å²) in [6, 6.07) is 11.6. The maximum Gasteiger partial charge on any atom is 0.338 e. The number of rotatable bonds is 6. The Bertz CT molecular complexity index is 647. The zero-order valence-corrected chi connectivity index (χ0v) is 11.9. The molecule has 0 spiro atoms. The molecule has 0 amide bonds. The first-order valence-corrected chi connectivity index (χ1v) is 7.91. The van der Waals surface area contributed by atoms with Gasteiger partial charge in [0.05, 0.1) is 6.16 Å². The number of carboxylic acids is 1. The Morgan fingerprint density at radius 1 is 1.24 bits per heavy atom. The van der Waals surface area contributed by atoms with Gasteiger partial charge in [0.2, 0.25) is 0 Å². The molecule has 0 fully saturated rings. The average Bonchev–Trinajstić information content (AvgIpc) is 2.46. The lowest BCUT2D eigenvalue weighted by Crippen LogP contribution is -2.15. The number of carbonyl (C=O) groups is 1. The Balaban J connectivity index is 2.16. The molecule has 0 radical (unpaired) electrons. The van der Waals surface area contributed by atoms with Crippen molar-refractivity contribution in [3.8, 4) is 0 Å². The highest BCUT2D eigenvalue weighted by molar-refractivity contribution is 7.52. The fraction of sp³-hybridized carbons (Fsp3) is 0.143. The first kappa shape index (κ1) is 15.4. The van der Waals surface area contributed by atoms with Crippen LogP contribution in [0.2, 0.25) is 0 Å². The summed E-state index contributed by atoms with van der Waals surface area (Å²) < 4.78 is 17.1. The van der Waals surface area contributed by atoms with Crippen molar-refractivity contribution in [2.24, 2.45) is 0 Å². The van der Waals surface area contributed by atoms with Crippen LogP contribution in [0.1, 0.15) is 17.2 Å². The number of hydrogen-bond acceptors (Lipinski definition) is 4. The summed E-state index contributed by atoms with van der Waals surface area (Å²) in [4.78, 5) is 24.9. The van der Waals surface area contributed by atoms with Crippen LogP contribution in [0.5, 0.6) is 0 Å². The lowest BCUT2D eigenvalue weighted by Gasteiger charge is -2.18. The molecule has 2 aromatic rings. The second-order valence-corrected chi connectivity index (χ2v) is 6.19. The topological polar surface area (TPSA) is 96.7 Å². The third kappa shape index (κ3) is 4.49. The fourth-order valence-electron chi connectivity index (χ4n) is 1.80. The number of pyridine rings is 1. The van der Waals surface area contributed by atoms with E-state index in [1.807, 2.05) is 0 Å². The first-order chi connectivity index (χ1) is 9.98. The Labute approximate surface area is 121 Å². The predicted molar refractivity (Wildman–Crippen MR) is 75.7 cm³/mol. The summed E-state index contributed by atoms with van der Waals surface area (Å²) in [5.41, 5.74) is 0.811. The highest BCUT2D eigenvalue weighted by Crippen LogP contribution is 2.49. The minimum Gasteiger partial charge on any atom is -0.479 e. The number of nitrogens with zero attached hydrogens (tertiary/aromatic N) is 1. The van der Waals surface area contributed by atoms with Gasteiger partial charge in [-0.2, -0.15) is 0 Å². The summed E-state index contributed by atoms with van der Waals surface area (Å²) in [5, 5.41) is 9.17. The molecule has 2 atom stereocenters. The molecule has 0 saturated carbocycles. The summed E-state index contributed by atoms with van der Waals surface area (Å²) in [6.07, 6.45) is 0.989. The standard InChI is InChI=1S/C14H14NO5P/c16-14(17)13(12-7-4-8-15-9-12)20-21(18,19)10-11-5-2-1-3-6-11/h1-9,13H,10H2,(H,16,17)(H,18,19). The lowest BCUT2D eigenvalue weighted by molar-refractivity contribution is -0.145. The van der Waals surface area contributed by atoms with Gasteiger partial charge in [-0.15, -0.1) is 0 Å². The van der Waals surface area contributed by atoms with E-state index >= 15 is 0 Å². The van der Waals surface area contributed by atoms with Gasteiger partial charge < -0.3 is 10.00 Å². The van der Waals surface area contributed by atoms with E-state index in [1.165, 1.54) is 24.5 Å². The fourth-order valence-corrected chi connectivity index (χ4v) is 3.08. The number of carboxylic acid groups (broad SMARTS) is 1. The lowest BCUT2D eigenvalue weighted by atomic mass is 10.2. The van der Waals surface area contributed by atoms with Gasteiger partial charge in [0.1, 0.15) is 0 Å². The van der Waals surface area contributed by atoms with E-state index in [0.29, 0.717) is 5.56 Å². The average molecular weight is 307 g/mol. The smallest absolute Gasteiger partial charge is 0.338 e. The molecule has 2 rings (SSSR count). The molecule has 2 unspecified atom stereocenters. The molecule has 6 nitrogen and oxygen atoms in total. The second-order valence-electron chi connectivity index (χ2n) is 4.39. The van der Waals surface area contributed by atoms with Crippen LogP contribution >= 0.6 is 7.60 Å². The normalized spacial score (nSPS) is 15.1. The van der Waals surface area contributed by atoms with Crippen LogP contribution in [0.25, 0.3) is 0 Å². The molecule has 0 saturated heterocycles. The van der Waals surface area contributed by atoms with Crippen molar-refractivity contribution >= 4 is 13.6 Å². The molecule has 0 aliphatic rings. The molecule has 0 bridgehead atoms. The van der Waals surface area contributed by atoms with Gasteiger partial charge in [0.15, 0.2) is 6.10 Å². The number of aromatic nitrogens is 1. The summed E-state index contributed by atoms with van der Waals surface area (Å²) in [6.45, 7) is 0. The quantitative estimate of drug-likeness (QED) is 0.796. The Morgan fingerprint density at radius 2 is 1.95 bits per heavy atom. The van der Waals surface area contributed by atoms with Crippen LogP contribution in [0, 0.1) is 0 Å². The highest BCUT2D eigenvalue weighted by atomic mass is 31.2. The third-order valence-electron chi connectivity index (χ3n) is 2.71. The largest absolute Gasteiger partial charge is 0.479 e. The number of hydrogen-bond donors (Lipinski definition) is 2. The minimum atomic E-state index is -4.10. The monoisotopic (exact) mass is 307 g/mol. The molecule has 21 heavy (non-hydrogen) atoms. The molecule has 1 heterocycles. The van der Waals surface area contributed by atoms with Gasteiger partial charge in [-0.25, -0.2) is 4.79 Å². The van der Waals surface area contributed by atoms with E-state index in [2.05, 4.69) is 4.98 Å². The van der Waals surface area contributed by atoms with E-state index in [4.69, 9.17) is 4.52 Å². The van der Waals surface area contributed by atoms with Gasteiger partial charge in [0, 0.05) is 18.0 Å². The Kier molecular flexibility index (Phi) is 4.85. The number of aliphatic carboxylic acids is 1. The first-order valence-electron chi connectivity index (χ1n) is 6.15. The van der Waals surface area contributed by atoms with E-state index in [1.54, 1.807) is 30.3 Å². The molecular formula is C14H14NO5P. The van der Waals surface area contributed by atoms with Crippen LogP contribution < -0.4 is 0 Å². The number of benzene rings is 1. The van der Waals surface area contributed by atoms with Crippen molar-refractivity contribution in [2.45, 2.75) is 12.3 Å². The molecule has 1 aromatic heterocycles. The van der Waals surface area contributed by atoms with Crippen LogP contribution in [-0.2, 0) is 20.0 Å². The van der Waals surface area contributed by atoms with Crippen LogP contribution in [0.4, 0.5) is 0 Å². The minimum absolute atomic E-state index is 0.215. The van der Waals surface area contributed by atoms with E-state index in [9.17, 15) is 19.4 Å². The molecule has 0 aliphatic heterocycles. The molecular weight excluding hydrogens is 293 g/mol. The van der Waals surface area contributed by atoms with E-state index in [-0.39, 0.29) is 11.7 Å². The summed E-state index contributed by atoms with van der Waals surface area (Å²) >= 11 is 0. The van der Waals surface area contributed by atoms with Gasteiger partial charge in [-0.05, 0) is 11.6 Å². The van der Waals surface area contributed by atoms with E-state index < -0.39 is 19.7 Å². The van der Waals surface area contributed by atoms with Crippen molar-refractivity contribution < 1.29 is 23.9 Å². The van der Waals surface area contributed by atoms with Crippen LogP contribution in [-0.4, -0.2) is 21.0 Å². The molecule has 110 valence electrons. The van der Waals surface area contributed by atoms with Crippen molar-refractivity contribution in [2.75, 3.05) is 0 Å². The van der Waals surface area contributed by atoms with Crippen molar-refractivity contribution in [1.82, 2.24) is 4.98 Å². The van der Waals surface area contributed by atoms with Gasteiger partial charge in [0.25, 0.3) is 0 Å². The molecule has 1 aromatic carbocycles. The molecule has 0 aliphatic carbocycles. The summed E-state index contributed by atoms with van der Waals surface area (Å²) in [5.74, 6) is -1.34. The van der Waals surface area contributed by atoms with Crippen molar-refractivity contribution in [1.29, 1.82) is 0 Å². The highest BCUT2D eigenvalue weighted by Gasteiger charge is 2.31. The Morgan fingerprint density at radius 3 is 2.52 bits per heavy atom. The maximum absolute atomic E-state index is 12.1. The SMILES string of the molecule is O=C(O)C(OP(=O)(O)Cc1ccccc1)c1cccnc1. The molecule has 7 heteroatoms. The zero-order chi connectivity index (χ0) is 15.3. The zero-order valence-electron chi connectivity index (χ0n) is 11.0. The van der Waals surface area contributed by atoms with Gasteiger partial charge in [-0.1, -0.05) is 36.4 Å². The van der Waals surface area contributed by atoms with Gasteiger partial charge >= 0.3 is 13.6 Å². The van der Waals surface area contributed by atoms with Crippen LogP contribution in [0.3, 0.4) is 0 Å². The molecule has 2 N–H and O–H groups in total. The van der Waals surface area contributed by atoms with E-state index in [0.717, 1.165) is 0 Å². The second kappa shape index (κ2) is 6.63.